The molecule has 1 amide bonds. The fourth-order valence-electron chi connectivity index (χ4n) is 2.05. The molecular formula is C18H27NO3. The summed E-state index contributed by atoms with van der Waals surface area (Å²) in [5.41, 5.74) is 2.32. The zero-order valence-electron chi connectivity index (χ0n) is 14.4. The highest BCUT2D eigenvalue weighted by molar-refractivity contribution is 5.85. The van der Waals surface area contributed by atoms with E-state index in [2.05, 4.69) is 38.2 Å². The summed E-state index contributed by atoms with van der Waals surface area (Å²) in [6.45, 7) is 10.1. The minimum absolute atomic E-state index is 0.0894. The highest BCUT2D eigenvalue weighted by Crippen LogP contribution is 2.22. The third-order valence-electron chi connectivity index (χ3n) is 3.59. The lowest BCUT2D eigenvalue weighted by Crippen LogP contribution is -2.44. The van der Waals surface area contributed by atoms with Crippen molar-refractivity contribution in [1.29, 1.82) is 0 Å². The van der Waals surface area contributed by atoms with Crippen molar-refractivity contribution in [2.24, 2.45) is 5.92 Å². The first-order chi connectivity index (χ1) is 10.1. The number of ether oxygens (including phenoxy) is 1. The second-order valence-corrected chi connectivity index (χ2v) is 6.89. The molecule has 0 aliphatic carbocycles. The van der Waals surface area contributed by atoms with E-state index in [-0.39, 0.29) is 17.2 Å². The molecule has 1 rings (SSSR count). The van der Waals surface area contributed by atoms with E-state index >= 15 is 0 Å². The highest BCUT2D eigenvalue weighted by Gasteiger charge is 2.23. The summed E-state index contributed by atoms with van der Waals surface area (Å²) in [6, 6.07) is 7.47. The monoisotopic (exact) mass is 305 g/mol. The van der Waals surface area contributed by atoms with Crippen molar-refractivity contribution in [1.82, 2.24) is 5.32 Å². The molecule has 4 nitrogen and oxygen atoms in total. The summed E-state index contributed by atoms with van der Waals surface area (Å²) in [4.78, 5) is 23.7. The topological polar surface area (TPSA) is 55.4 Å². The molecule has 0 aromatic heterocycles. The molecule has 4 heteroatoms. The summed E-state index contributed by atoms with van der Waals surface area (Å²) in [7, 11) is 1.33. The fraction of sp³-hybridized carbons (Fsp3) is 0.556. The second kappa shape index (κ2) is 7.43. The van der Waals surface area contributed by atoms with E-state index in [0.29, 0.717) is 6.42 Å². The van der Waals surface area contributed by atoms with Crippen molar-refractivity contribution in [3.05, 3.63) is 35.4 Å². The van der Waals surface area contributed by atoms with Crippen LogP contribution in [0.3, 0.4) is 0 Å². The Bertz CT molecular complexity index is 512. The van der Waals surface area contributed by atoms with Gasteiger partial charge in [-0.15, -0.1) is 0 Å². The lowest BCUT2D eigenvalue weighted by atomic mass is 9.86. The van der Waals surface area contributed by atoms with E-state index in [9.17, 15) is 9.59 Å². The number of benzene rings is 1. The average molecular weight is 305 g/mol. The maximum absolute atomic E-state index is 11.9. The first-order valence-corrected chi connectivity index (χ1v) is 7.62. The average Bonchev–Trinajstić information content (AvgIpc) is 2.45. The van der Waals surface area contributed by atoms with Crippen molar-refractivity contribution >= 4 is 11.9 Å². The molecule has 0 unspecified atom stereocenters. The van der Waals surface area contributed by atoms with Crippen molar-refractivity contribution in [3.63, 3.8) is 0 Å². The summed E-state index contributed by atoms with van der Waals surface area (Å²) in [5, 5.41) is 2.75. The summed E-state index contributed by atoms with van der Waals surface area (Å²) in [5.74, 6) is -0.744. The molecule has 122 valence electrons. The molecular weight excluding hydrogens is 278 g/mol. The maximum Gasteiger partial charge on any atom is 0.328 e. The summed E-state index contributed by atoms with van der Waals surface area (Å²) < 4.78 is 4.79. The lowest BCUT2D eigenvalue weighted by Gasteiger charge is -2.21. The van der Waals surface area contributed by atoms with Crippen molar-refractivity contribution in [2.45, 2.75) is 52.5 Å². The van der Waals surface area contributed by atoms with Crippen molar-refractivity contribution < 1.29 is 14.3 Å². The number of hydrogen-bond acceptors (Lipinski definition) is 3. The van der Waals surface area contributed by atoms with E-state index in [4.69, 9.17) is 4.74 Å². The quantitative estimate of drug-likeness (QED) is 0.851. The van der Waals surface area contributed by atoms with Gasteiger partial charge < -0.3 is 10.1 Å². The summed E-state index contributed by atoms with van der Waals surface area (Å²) in [6.07, 6.45) is 0.426. The molecule has 0 spiro atoms. The SMILES string of the molecule is COC(=O)[C@@H](Cc1ccc(C(C)(C)C)cc1)NC(=O)C(C)C. The van der Waals surface area contributed by atoms with Crippen LogP contribution < -0.4 is 5.32 Å². The van der Waals surface area contributed by atoms with E-state index in [0.717, 1.165) is 5.56 Å². The molecule has 0 aliphatic rings. The number of hydrogen-bond donors (Lipinski definition) is 1. The molecule has 0 saturated heterocycles. The van der Waals surface area contributed by atoms with Crippen LogP contribution in [0.4, 0.5) is 0 Å². The maximum atomic E-state index is 11.9. The predicted octanol–water partition coefficient (Wildman–Crippen LogP) is 2.84. The van der Waals surface area contributed by atoms with E-state index in [1.165, 1.54) is 12.7 Å². The van der Waals surface area contributed by atoms with Crippen LogP contribution >= 0.6 is 0 Å². The van der Waals surface area contributed by atoms with E-state index in [1.807, 2.05) is 12.1 Å². The Balaban J connectivity index is 2.86. The number of rotatable bonds is 5. The van der Waals surface area contributed by atoms with Gasteiger partial charge >= 0.3 is 5.97 Å². The molecule has 22 heavy (non-hydrogen) atoms. The molecule has 0 aliphatic heterocycles. The normalized spacial score (nSPS) is 12.9. The first kappa shape index (κ1) is 18.2. The molecule has 0 heterocycles. The van der Waals surface area contributed by atoms with Crippen LogP contribution in [0.15, 0.2) is 24.3 Å². The van der Waals surface area contributed by atoms with Gasteiger partial charge in [0.05, 0.1) is 7.11 Å². The van der Waals surface area contributed by atoms with Gasteiger partial charge in [-0.05, 0) is 16.5 Å². The minimum Gasteiger partial charge on any atom is -0.467 e. The van der Waals surface area contributed by atoms with Gasteiger partial charge in [0, 0.05) is 12.3 Å². The van der Waals surface area contributed by atoms with Crippen LogP contribution in [0.5, 0.6) is 0 Å². The van der Waals surface area contributed by atoms with Crippen molar-refractivity contribution in [2.75, 3.05) is 7.11 Å². The lowest BCUT2D eigenvalue weighted by molar-refractivity contribution is -0.145. The number of nitrogens with one attached hydrogen (secondary N) is 1. The molecule has 1 atom stereocenters. The minimum atomic E-state index is -0.652. The van der Waals surface area contributed by atoms with Gasteiger partial charge in [-0.3, -0.25) is 4.79 Å². The molecule has 1 N–H and O–H groups in total. The van der Waals surface area contributed by atoms with Gasteiger partial charge in [0.2, 0.25) is 5.91 Å². The Morgan fingerprint density at radius 3 is 2.09 bits per heavy atom. The van der Waals surface area contributed by atoms with Crippen LogP contribution in [-0.2, 0) is 26.2 Å². The molecule has 1 aromatic rings. The van der Waals surface area contributed by atoms with Gasteiger partial charge in [0.25, 0.3) is 0 Å². The number of amides is 1. The second-order valence-electron chi connectivity index (χ2n) is 6.89. The Labute approximate surface area is 133 Å². The number of carbonyl (C=O) groups is 2. The Hall–Kier alpha value is -1.84. The van der Waals surface area contributed by atoms with Crippen LogP contribution in [0.25, 0.3) is 0 Å². The zero-order valence-corrected chi connectivity index (χ0v) is 14.4. The van der Waals surface area contributed by atoms with Crippen LogP contribution in [0, 0.1) is 5.92 Å². The Morgan fingerprint density at radius 2 is 1.68 bits per heavy atom. The Kier molecular flexibility index (Phi) is 6.15. The standard InChI is InChI=1S/C18H27NO3/c1-12(2)16(20)19-15(17(21)22-6)11-13-7-9-14(10-8-13)18(3,4)5/h7-10,12,15H,11H2,1-6H3,(H,19,20)/t15-/m1/s1. The van der Waals surface area contributed by atoms with Gasteiger partial charge in [0.1, 0.15) is 6.04 Å². The van der Waals surface area contributed by atoms with Gasteiger partial charge in [0.15, 0.2) is 0 Å². The molecule has 0 saturated carbocycles. The van der Waals surface area contributed by atoms with Crippen LogP contribution in [-0.4, -0.2) is 25.0 Å². The van der Waals surface area contributed by atoms with E-state index < -0.39 is 12.0 Å². The number of methoxy groups -OCH3 is 1. The Morgan fingerprint density at radius 1 is 1.14 bits per heavy atom. The zero-order chi connectivity index (χ0) is 16.9. The van der Waals surface area contributed by atoms with Gasteiger partial charge in [-0.25, -0.2) is 4.79 Å². The third-order valence-corrected chi connectivity index (χ3v) is 3.59. The molecule has 0 bridgehead atoms. The molecule has 1 aromatic carbocycles. The largest absolute Gasteiger partial charge is 0.467 e. The third kappa shape index (κ3) is 5.17. The predicted molar refractivity (Wildman–Crippen MR) is 87.6 cm³/mol. The smallest absolute Gasteiger partial charge is 0.328 e. The van der Waals surface area contributed by atoms with Gasteiger partial charge in [-0.1, -0.05) is 58.9 Å². The first-order valence-electron chi connectivity index (χ1n) is 7.62. The molecule has 0 radical (unpaired) electrons. The van der Waals surface area contributed by atoms with E-state index in [1.54, 1.807) is 13.8 Å². The van der Waals surface area contributed by atoms with Gasteiger partial charge in [-0.2, -0.15) is 0 Å². The van der Waals surface area contributed by atoms with Crippen LogP contribution in [0.1, 0.15) is 45.7 Å². The van der Waals surface area contributed by atoms with Crippen LogP contribution in [0.2, 0.25) is 0 Å². The van der Waals surface area contributed by atoms with Crippen molar-refractivity contribution in [3.8, 4) is 0 Å². The number of carbonyl (C=O) groups excluding carboxylic acids is 2. The fourth-order valence-corrected chi connectivity index (χ4v) is 2.05. The number of esters is 1. The molecule has 0 fully saturated rings. The highest BCUT2D eigenvalue weighted by atomic mass is 16.5. The summed E-state index contributed by atoms with van der Waals surface area (Å²) >= 11 is 0.